The number of ether oxygens (including phenoxy) is 1. The molecule has 8 heteroatoms. The van der Waals surface area contributed by atoms with E-state index in [1.165, 1.54) is 7.11 Å². The van der Waals surface area contributed by atoms with Crippen LogP contribution in [-0.4, -0.2) is 40.5 Å². The molecule has 1 aromatic carbocycles. The van der Waals surface area contributed by atoms with Crippen LogP contribution in [0.15, 0.2) is 11.0 Å². The molecule has 2 N–H and O–H groups in total. The largest absolute Gasteiger partial charge is 0.468 e. The second kappa shape index (κ2) is 7.56. The van der Waals surface area contributed by atoms with Gasteiger partial charge in [0.25, 0.3) is 0 Å². The lowest BCUT2D eigenvalue weighted by Gasteiger charge is -2.16. The van der Waals surface area contributed by atoms with Crippen LogP contribution in [0.2, 0.25) is 0 Å². The van der Waals surface area contributed by atoms with Gasteiger partial charge in [-0.25, -0.2) is 13.1 Å². The number of aryl methyl sites for hydroxylation is 2. The molecule has 0 aliphatic heterocycles. The summed E-state index contributed by atoms with van der Waals surface area (Å²) >= 11 is 0. The third-order valence-corrected chi connectivity index (χ3v) is 5.32. The summed E-state index contributed by atoms with van der Waals surface area (Å²) in [5, 5.41) is 2.27. The number of hydrogen-bond acceptors (Lipinski definition) is 5. The standard InChI is InChI=1S/C15H22N2O5S/c1-9-6-10(2)12(4)15(11(9)3)23(20,21)17-7-13(18)16-8-14(19)22-5/h6,17H,7-8H2,1-5H3,(H,16,18). The van der Waals surface area contributed by atoms with Gasteiger partial charge in [0.05, 0.1) is 18.6 Å². The van der Waals surface area contributed by atoms with Crippen LogP contribution < -0.4 is 10.0 Å². The number of methoxy groups -OCH3 is 1. The van der Waals surface area contributed by atoms with Crippen molar-refractivity contribution < 1.29 is 22.7 Å². The summed E-state index contributed by atoms with van der Waals surface area (Å²) in [5.74, 6) is -1.22. The van der Waals surface area contributed by atoms with Crippen LogP contribution in [0.3, 0.4) is 0 Å². The van der Waals surface area contributed by atoms with E-state index in [1.807, 2.05) is 19.9 Å². The van der Waals surface area contributed by atoms with Crippen LogP contribution in [-0.2, 0) is 24.3 Å². The molecule has 128 valence electrons. The second-order valence-electron chi connectivity index (χ2n) is 5.27. The van der Waals surface area contributed by atoms with Gasteiger partial charge in [-0.2, -0.15) is 0 Å². The summed E-state index contributed by atoms with van der Waals surface area (Å²) in [6.45, 7) is 6.37. The van der Waals surface area contributed by atoms with E-state index >= 15 is 0 Å². The number of benzene rings is 1. The molecule has 0 aliphatic rings. The Morgan fingerprint density at radius 3 is 2.04 bits per heavy atom. The number of esters is 1. The van der Waals surface area contributed by atoms with Gasteiger partial charge in [0.2, 0.25) is 15.9 Å². The first-order valence-electron chi connectivity index (χ1n) is 7.00. The number of nitrogens with one attached hydrogen (secondary N) is 2. The average molecular weight is 342 g/mol. The van der Waals surface area contributed by atoms with Gasteiger partial charge in [-0.05, 0) is 49.9 Å². The van der Waals surface area contributed by atoms with Crippen LogP contribution in [0.5, 0.6) is 0 Å². The van der Waals surface area contributed by atoms with E-state index in [1.54, 1.807) is 13.8 Å². The zero-order valence-electron chi connectivity index (χ0n) is 13.9. The molecule has 0 radical (unpaired) electrons. The molecule has 0 heterocycles. The highest BCUT2D eigenvalue weighted by molar-refractivity contribution is 7.89. The first kappa shape index (κ1) is 19.1. The van der Waals surface area contributed by atoms with Crippen LogP contribution >= 0.6 is 0 Å². The molecule has 7 nitrogen and oxygen atoms in total. The molecule has 0 unspecified atom stereocenters. The van der Waals surface area contributed by atoms with Crippen molar-refractivity contribution in [3.8, 4) is 0 Å². The average Bonchev–Trinajstić information content (AvgIpc) is 2.48. The molecule has 0 saturated heterocycles. The van der Waals surface area contributed by atoms with Gasteiger partial charge >= 0.3 is 5.97 Å². The van der Waals surface area contributed by atoms with Crippen LogP contribution in [0, 0.1) is 27.7 Å². The predicted octanol–water partition coefficient (Wildman–Crippen LogP) is 0.488. The molecule has 0 atom stereocenters. The first-order valence-corrected chi connectivity index (χ1v) is 8.49. The SMILES string of the molecule is COC(=O)CNC(=O)CNS(=O)(=O)c1c(C)c(C)cc(C)c1C. The molecule has 0 fully saturated rings. The van der Waals surface area contributed by atoms with Crippen molar-refractivity contribution >= 4 is 21.9 Å². The lowest BCUT2D eigenvalue weighted by atomic mass is 10.0. The van der Waals surface area contributed by atoms with Crippen LogP contribution in [0.25, 0.3) is 0 Å². The Kier molecular flexibility index (Phi) is 6.28. The maximum absolute atomic E-state index is 12.5. The quantitative estimate of drug-likeness (QED) is 0.733. The molecule has 0 bridgehead atoms. The zero-order valence-corrected chi connectivity index (χ0v) is 14.8. The molecule has 0 spiro atoms. The number of hydrogen-bond donors (Lipinski definition) is 2. The van der Waals surface area contributed by atoms with Crippen molar-refractivity contribution in [2.75, 3.05) is 20.2 Å². The molecular weight excluding hydrogens is 320 g/mol. The summed E-state index contributed by atoms with van der Waals surface area (Å²) in [4.78, 5) is 22.7. The molecule has 0 aromatic heterocycles. The van der Waals surface area contributed by atoms with E-state index in [4.69, 9.17) is 0 Å². The molecule has 23 heavy (non-hydrogen) atoms. The number of rotatable bonds is 6. The van der Waals surface area contributed by atoms with Gasteiger partial charge in [0.1, 0.15) is 6.54 Å². The third-order valence-electron chi connectivity index (χ3n) is 3.65. The van der Waals surface area contributed by atoms with E-state index < -0.39 is 28.4 Å². The number of carbonyl (C=O) groups excluding carboxylic acids is 2. The smallest absolute Gasteiger partial charge is 0.325 e. The number of sulfonamides is 1. The fourth-order valence-electron chi connectivity index (χ4n) is 2.12. The van der Waals surface area contributed by atoms with E-state index in [9.17, 15) is 18.0 Å². The summed E-state index contributed by atoms with van der Waals surface area (Å²) in [6.07, 6.45) is 0. The van der Waals surface area contributed by atoms with Crippen molar-refractivity contribution in [1.29, 1.82) is 0 Å². The molecule has 1 aromatic rings. The van der Waals surface area contributed by atoms with Gasteiger partial charge in [0, 0.05) is 0 Å². The minimum atomic E-state index is -3.83. The Hall–Kier alpha value is -1.93. The van der Waals surface area contributed by atoms with Crippen molar-refractivity contribution in [3.63, 3.8) is 0 Å². The lowest BCUT2D eigenvalue weighted by molar-refractivity contribution is -0.141. The Bertz CT molecular complexity index is 700. The van der Waals surface area contributed by atoms with E-state index in [2.05, 4.69) is 14.8 Å². The van der Waals surface area contributed by atoms with Crippen molar-refractivity contribution in [1.82, 2.24) is 10.0 Å². The molecule has 0 saturated carbocycles. The van der Waals surface area contributed by atoms with Gasteiger partial charge in [0.15, 0.2) is 0 Å². The predicted molar refractivity (Wildman–Crippen MR) is 85.6 cm³/mol. The Balaban J connectivity index is 2.89. The van der Waals surface area contributed by atoms with Crippen LogP contribution in [0.4, 0.5) is 0 Å². The second-order valence-corrected chi connectivity index (χ2v) is 6.97. The molecular formula is C15H22N2O5S. The molecule has 1 amide bonds. The summed E-state index contributed by atoms with van der Waals surface area (Å²) in [7, 11) is -2.64. The summed E-state index contributed by atoms with van der Waals surface area (Å²) in [6, 6.07) is 1.92. The number of amides is 1. The fraction of sp³-hybridized carbons (Fsp3) is 0.467. The summed E-state index contributed by atoms with van der Waals surface area (Å²) in [5.41, 5.74) is 3.03. The van der Waals surface area contributed by atoms with Crippen molar-refractivity contribution in [2.24, 2.45) is 0 Å². The highest BCUT2D eigenvalue weighted by Crippen LogP contribution is 2.25. The number of carbonyl (C=O) groups is 2. The Labute approximate surface area is 136 Å². The van der Waals surface area contributed by atoms with Gasteiger partial charge < -0.3 is 10.1 Å². The van der Waals surface area contributed by atoms with Gasteiger partial charge in [-0.15, -0.1) is 0 Å². The minimum Gasteiger partial charge on any atom is -0.468 e. The van der Waals surface area contributed by atoms with Crippen molar-refractivity contribution in [2.45, 2.75) is 32.6 Å². The highest BCUT2D eigenvalue weighted by atomic mass is 32.2. The molecule has 0 aliphatic carbocycles. The van der Waals surface area contributed by atoms with E-state index in [0.717, 1.165) is 11.1 Å². The monoisotopic (exact) mass is 342 g/mol. The maximum Gasteiger partial charge on any atom is 0.325 e. The Morgan fingerprint density at radius 1 is 1.04 bits per heavy atom. The highest BCUT2D eigenvalue weighted by Gasteiger charge is 2.22. The van der Waals surface area contributed by atoms with Gasteiger partial charge in [-0.3, -0.25) is 9.59 Å². The lowest BCUT2D eigenvalue weighted by Crippen LogP contribution is -2.39. The minimum absolute atomic E-state index is 0.191. The topological polar surface area (TPSA) is 102 Å². The van der Waals surface area contributed by atoms with Crippen molar-refractivity contribution in [3.05, 3.63) is 28.3 Å². The van der Waals surface area contributed by atoms with E-state index in [-0.39, 0.29) is 11.4 Å². The Morgan fingerprint density at radius 2 is 1.57 bits per heavy atom. The fourth-order valence-corrected chi connectivity index (χ4v) is 3.72. The normalized spacial score (nSPS) is 11.2. The maximum atomic E-state index is 12.5. The molecule has 1 rings (SSSR count). The van der Waals surface area contributed by atoms with Gasteiger partial charge in [-0.1, -0.05) is 6.07 Å². The van der Waals surface area contributed by atoms with E-state index in [0.29, 0.717) is 11.1 Å². The zero-order chi connectivity index (χ0) is 17.8. The third kappa shape index (κ3) is 4.77. The first-order chi connectivity index (χ1) is 10.6. The van der Waals surface area contributed by atoms with Crippen LogP contribution in [0.1, 0.15) is 22.3 Å². The summed E-state index contributed by atoms with van der Waals surface area (Å²) < 4.78 is 31.6.